The zero-order chi connectivity index (χ0) is 19.6. The molecule has 0 aliphatic rings. The molecule has 2 aromatic carbocycles. The Morgan fingerprint density at radius 3 is 2.56 bits per heavy atom. The average Bonchev–Trinajstić information content (AvgIpc) is 3.12. The Kier molecular flexibility index (Phi) is 5.03. The number of aldehydes is 1. The number of ether oxygens (including phenoxy) is 2. The Hall–Kier alpha value is -3.48. The fraction of sp³-hybridized carbons (Fsp3) is 0.200. The third-order valence-electron chi connectivity index (χ3n) is 4.32. The van der Waals surface area contributed by atoms with Gasteiger partial charge >= 0.3 is 5.97 Å². The van der Waals surface area contributed by atoms with Crippen LogP contribution in [-0.4, -0.2) is 36.7 Å². The van der Waals surface area contributed by atoms with Gasteiger partial charge in [-0.1, -0.05) is 0 Å². The number of hydrogen-bond acceptors (Lipinski definition) is 7. The van der Waals surface area contributed by atoms with E-state index in [1.165, 1.54) is 26.4 Å². The highest BCUT2D eigenvalue weighted by atomic mass is 16.5. The molecule has 2 N–H and O–H groups in total. The van der Waals surface area contributed by atoms with Crippen LogP contribution in [0.3, 0.4) is 0 Å². The lowest BCUT2D eigenvalue weighted by Crippen LogP contribution is -2.04. The molecule has 0 radical (unpaired) electrons. The van der Waals surface area contributed by atoms with E-state index >= 15 is 0 Å². The van der Waals surface area contributed by atoms with Crippen molar-refractivity contribution >= 4 is 23.2 Å². The number of aromatic hydroxyl groups is 2. The van der Waals surface area contributed by atoms with Crippen molar-refractivity contribution in [2.24, 2.45) is 0 Å². The molecule has 0 saturated heterocycles. The Morgan fingerprint density at radius 1 is 1.15 bits per heavy atom. The van der Waals surface area contributed by atoms with Crippen molar-refractivity contribution in [3.8, 4) is 28.6 Å². The summed E-state index contributed by atoms with van der Waals surface area (Å²) < 4.78 is 15.9. The topological polar surface area (TPSA) is 106 Å². The number of hydrogen-bond donors (Lipinski definition) is 2. The van der Waals surface area contributed by atoms with Crippen LogP contribution in [0.5, 0.6) is 17.2 Å². The first-order valence-electron chi connectivity index (χ1n) is 8.16. The SMILES string of the molecule is COC(=O)CCc1cc(OC)c2oc(-c3ccc(O)c(O)c3)cc2c1C=O. The smallest absolute Gasteiger partial charge is 0.305 e. The van der Waals surface area contributed by atoms with Crippen molar-refractivity contribution in [1.29, 1.82) is 0 Å². The first-order valence-corrected chi connectivity index (χ1v) is 8.16. The van der Waals surface area contributed by atoms with Crippen LogP contribution in [0.15, 0.2) is 34.7 Å². The number of benzene rings is 2. The van der Waals surface area contributed by atoms with Crippen LogP contribution in [0, 0.1) is 0 Å². The largest absolute Gasteiger partial charge is 0.504 e. The highest BCUT2D eigenvalue weighted by Crippen LogP contribution is 2.39. The number of carbonyl (C=O) groups is 2. The van der Waals surface area contributed by atoms with Gasteiger partial charge in [0, 0.05) is 22.9 Å². The van der Waals surface area contributed by atoms with Gasteiger partial charge in [-0.2, -0.15) is 0 Å². The molecule has 3 rings (SSSR count). The summed E-state index contributed by atoms with van der Waals surface area (Å²) in [5.74, 6) is -0.0877. The molecule has 7 nitrogen and oxygen atoms in total. The van der Waals surface area contributed by atoms with E-state index in [9.17, 15) is 19.8 Å². The number of methoxy groups -OCH3 is 2. The van der Waals surface area contributed by atoms with Crippen LogP contribution in [0.2, 0.25) is 0 Å². The van der Waals surface area contributed by atoms with Gasteiger partial charge in [-0.05, 0) is 42.3 Å². The maximum absolute atomic E-state index is 11.7. The normalized spacial score (nSPS) is 10.7. The highest BCUT2D eigenvalue weighted by Gasteiger charge is 2.19. The van der Waals surface area contributed by atoms with Gasteiger partial charge in [0.1, 0.15) is 5.76 Å². The van der Waals surface area contributed by atoms with Crippen LogP contribution >= 0.6 is 0 Å². The first kappa shape index (κ1) is 18.3. The Bertz CT molecular complexity index is 1020. The standard InChI is InChI=1S/C20H18O7/c1-25-18-8-11(4-6-19(24)26-2)14(10-21)13-9-17(27-20(13)18)12-3-5-15(22)16(23)7-12/h3,5,7-10,22-23H,4,6H2,1-2H3. The molecule has 140 valence electrons. The predicted molar refractivity (Wildman–Crippen MR) is 97.3 cm³/mol. The van der Waals surface area contributed by atoms with E-state index in [0.29, 0.717) is 51.9 Å². The molecule has 0 amide bonds. The van der Waals surface area contributed by atoms with Crippen molar-refractivity contribution in [2.45, 2.75) is 12.8 Å². The molecule has 3 aromatic rings. The van der Waals surface area contributed by atoms with Crippen molar-refractivity contribution in [1.82, 2.24) is 0 Å². The molecule has 0 bridgehead atoms. The third kappa shape index (κ3) is 3.44. The van der Waals surface area contributed by atoms with Crippen LogP contribution in [0.1, 0.15) is 22.3 Å². The zero-order valence-electron chi connectivity index (χ0n) is 14.8. The summed E-state index contributed by atoms with van der Waals surface area (Å²) in [5.41, 5.74) is 1.94. The van der Waals surface area contributed by atoms with E-state index in [1.807, 2.05) is 0 Å². The van der Waals surface area contributed by atoms with E-state index in [4.69, 9.17) is 9.15 Å². The number of carbonyl (C=O) groups excluding carboxylic acids is 2. The summed E-state index contributed by atoms with van der Waals surface area (Å²) >= 11 is 0. The average molecular weight is 370 g/mol. The van der Waals surface area contributed by atoms with Gasteiger partial charge in [0.25, 0.3) is 0 Å². The number of phenolic OH excluding ortho intramolecular Hbond substituents is 2. The van der Waals surface area contributed by atoms with Crippen molar-refractivity contribution in [2.75, 3.05) is 14.2 Å². The minimum Gasteiger partial charge on any atom is -0.504 e. The fourth-order valence-electron chi connectivity index (χ4n) is 2.90. The van der Waals surface area contributed by atoms with Crippen molar-refractivity contribution < 1.29 is 33.7 Å². The number of fused-ring (bicyclic) bond motifs is 1. The molecule has 0 aliphatic heterocycles. The maximum Gasteiger partial charge on any atom is 0.305 e. The van der Waals surface area contributed by atoms with Crippen LogP contribution < -0.4 is 4.74 Å². The van der Waals surface area contributed by atoms with Gasteiger partial charge in [0.15, 0.2) is 29.1 Å². The molecule has 1 heterocycles. The lowest BCUT2D eigenvalue weighted by Gasteiger charge is -2.09. The van der Waals surface area contributed by atoms with E-state index in [1.54, 1.807) is 18.2 Å². The molecule has 0 atom stereocenters. The molecule has 0 spiro atoms. The summed E-state index contributed by atoms with van der Waals surface area (Å²) in [7, 11) is 2.79. The van der Waals surface area contributed by atoms with Crippen molar-refractivity contribution in [3.63, 3.8) is 0 Å². The quantitative estimate of drug-likeness (QED) is 0.389. The molecule has 0 aliphatic carbocycles. The Labute approximate surface area is 154 Å². The van der Waals surface area contributed by atoms with E-state index in [-0.39, 0.29) is 23.9 Å². The molecule has 7 heteroatoms. The summed E-state index contributed by atoms with van der Waals surface area (Å²) in [6.07, 6.45) is 1.15. The van der Waals surface area contributed by atoms with Gasteiger partial charge in [0.05, 0.1) is 14.2 Å². The first-order chi connectivity index (χ1) is 13.0. The van der Waals surface area contributed by atoms with Gasteiger partial charge in [-0.3, -0.25) is 9.59 Å². The number of aryl methyl sites for hydroxylation is 1. The third-order valence-corrected chi connectivity index (χ3v) is 4.32. The number of esters is 1. The van der Waals surface area contributed by atoms with E-state index in [0.717, 1.165) is 0 Å². The molecule has 0 unspecified atom stereocenters. The lowest BCUT2D eigenvalue weighted by atomic mass is 9.99. The van der Waals surface area contributed by atoms with Crippen LogP contribution in [-0.2, 0) is 16.0 Å². The number of phenols is 2. The second kappa shape index (κ2) is 7.41. The molecule has 27 heavy (non-hydrogen) atoms. The lowest BCUT2D eigenvalue weighted by molar-refractivity contribution is -0.140. The van der Waals surface area contributed by atoms with Gasteiger partial charge in [-0.15, -0.1) is 0 Å². The summed E-state index contributed by atoms with van der Waals surface area (Å²) in [6.45, 7) is 0. The van der Waals surface area contributed by atoms with E-state index < -0.39 is 0 Å². The monoisotopic (exact) mass is 370 g/mol. The minimum absolute atomic E-state index is 0.128. The second-order valence-electron chi connectivity index (χ2n) is 5.90. The van der Waals surface area contributed by atoms with Gasteiger partial charge < -0.3 is 24.1 Å². The van der Waals surface area contributed by atoms with Crippen LogP contribution in [0.25, 0.3) is 22.3 Å². The number of furan rings is 1. The highest BCUT2D eigenvalue weighted by molar-refractivity contribution is 6.02. The summed E-state index contributed by atoms with van der Waals surface area (Å²) in [5, 5.41) is 19.7. The van der Waals surface area contributed by atoms with Gasteiger partial charge in [0.2, 0.25) is 0 Å². The fourth-order valence-corrected chi connectivity index (χ4v) is 2.90. The van der Waals surface area contributed by atoms with Gasteiger partial charge in [-0.25, -0.2) is 0 Å². The molecule has 0 saturated carbocycles. The number of rotatable bonds is 6. The maximum atomic E-state index is 11.7. The molecular formula is C20H18O7. The minimum atomic E-state index is -0.377. The molecule has 0 fully saturated rings. The Balaban J connectivity index is 2.14. The predicted octanol–water partition coefficient (Wildman–Crippen LogP) is 3.44. The zero-order valence-corrected chi connectivity index (χ0v) is 14.8. The molecule has 1 aromatic heterocycles. The second-order valence-corrected chi connectivity index (χ2v) is 5.90. The van der Waals surface area contributed by atoms with Crippen molar-refractivity contribution in [3.05, 3.63) is 41.5 Å². The molecular weight excluding hydrogens is 352 g/mol. The van der Waals surface area contributed by atoms with E-state index in [2.05, 4.69) is 4.74 Å². The Morgan fingerprint density at radius 2 is 1.93 bits per heavy atom. The summed E-state index contributed by atoms with van der Waals surface area (Å²) in [4.78, 5) is 23.2. The van der Waals surface area contributed by atoms with Crippen LogP contribution in [0.4, 0.5) is 0 Å². The summed E-state index contributed by atoms with van der Waals surface area (Å²) in [6, 6.07) is 7.61.